The number of benzene rings is 2. The van der Waals surface area contributed by atoms with Crippen LogP contribution in [0.1, 0.15) is 6.92 Å². The number of nitrogens with zero attached hydrogens (tertiary/aromatic N) is 2. The van der Waals surface area contributed by atoms with E-state index in [1.807, 2.05) is 0 Å². The van der Waals surface area contributed by atoms with Crippen LogP contribution in [-0.2, 0) is 10.0 Å². The van der Waals surface area contributed by atoms with Gasteiger partial charge in [0.25, 0.3) is 15.7 Å². The highest BCUT2D eigenvalue weighted by Crippen LogP contribution is 2.30. The molecule has 2 aromatic carbocycles. The fraction of sp³-hybridized carbons (Fsp3) is 0.143. The third-order valence-corrected chi connectivity index (χ3v) is 5.57. The first-order valence-electron chi connectivity index (χ1n) is 6.49. The van der Waals surface area contributed by atoms with E-state index in [2.05, 4.69) is 0 Å². The first kappa shape index (κ1) is 17.5. The molecule has 0 aromatic heterocycles. The first-order valence-corrected chi connectivity index (χ1v) is 8.69. The summed E-state index contributed by atoms with van der Waals surface area (Å²) in [6.07, 6.45) is 0. The van der Waals surface area contributed by atoms with Crippen molar-refractivity contribution in [2.75, 3.05) is 10.8 Å². The van der Waals surface area contributed by atoms with Crippen LogP contribution in [0.5, 0.6) is 0 Å². The van der Waals surface area contributed by atoms with Gasteiger partial charge in [-0.15, -0.1) is 0 Å². The van der Waals surface area contributed by atoms with Gasteiger partial charge in [0.2, 0.25) is 0 Å². The van der Waals surface area contributed by atoms with E-state index < -0.39 is 20.6 Å². The third kappa shape index (κ3) is 3.57. The highest BCUT2D eigenvalue weighted by molar-refractivity contribution is 7.92. The van der Waals surface area contributed by atoms with Crippen LogP contribution in [0.15, 0.2) is 47.4 Å². The van der Waals surface area contributed by atoms with Gasteiger partial charge in [0.1, 0.15) is 5.02 Å². The molecule has 0 unspecified atom stereocenters. The van der Waals surface area contributed by atoms with Crippen molar-refractivity contribution >= 4 is 44.6 Å². The van der Waals surface area contributed by atoms with Crippen molar-refractivity contribution in [3.63, 3.8) is 0 Å². The summed E-state index contributed by atoms with van der Waals surface area (Å²) in [5.74, 6) is 0. The Balaban J connectivity index is 2.53. The van der Waals surface area contributed by atoms with E-state index in [4.69, 9.17) is 23.2 Å². The molecule has 0 atom stereocenters. The Labute approximate surface area is 143 Å². The maximum absolute atomic E-state index is 12.8. The Morgan fingerprint density at radius 3 is 2.26 bits per heavy atom. The molecule has 0 saturated heterocycles. The van der Waals surface area contributed by atoms with E-state index in [-0.39, 0.29) is 16.5 Å². The molecule has 0 spiro atoms. The molecule has 2 rings (SSSR count). The van der Waals surface area contributed by atoms with Crippen LogP contribution < -0.4 is 4.31 Å². The van der Waals surface area contributed by atoms with E-state index in [9.17, 15) is 18.5 Å². The lowest BCUT2D eigenvalue weighted by Gasteiger charge is -2.23. The van der Waals surface area contributed by atoms with Gasteiger partial charge in [-0.25, -0.2) is 8.42 Å². The predicted octanol–water partition coefficient (Wildman–Crippen LogP) is 4.12. The Morgan fingerprint density at radius 2 is 1.74 bits per heavy atom. The minimum atomic E-state index is -3.96. The van der Waals surface area contributed by atoms with Crippen LogP contribution in [0.4, 0.5) is 11.4 Å². The molecule has 2 aromatic rings. The Hall–Kier alpha value is -1.83. The zero-order valence-corrected chi connectivity index (χ0v) is 14.3. The minimum Gasteiger partial charge on any atom is -0.267 e. The lowest BCUT2D eigenvalue weighted by atomic mass is 10.3. The molecule has 0 bridgehead atoms. The molecule has 0 aliphatic rings. The van der Waals surface area contributed by atoms with Gasteiger partial charge >= 0.3 is 0 Å². The van der Waals surface area contributed by atoms with Crippen molar-refractivity contribution in [3.05, 3.63) is 62.6 Å². The number of nitro groups is 1. The number of anilines is 1. The summed E-state index contributed by atoms with van der Waals surface area (Å²) in [5, 5.41) is 11.3. The molecule has 6 nitrogen and oxygen atoms in total. The summed E-state index contributed by atoms with van der Waals surface area (Å²) in [4.78, 5) is 10.0. The van der Waals surface area contributed by atoms with Gasteiger partial charge in [-0.05, 0) is 43.3 Å². The number of nitro benzene ring substituents is 1. The van der Waals surface area contributed by atoms with E-state index in [1.165, 1.54) is 12.1 Å². The number of halogens is 2. The van der Waals surface area contributed by atoms with Gasteiger partial charge in [-0.2, -0.15) is 0 Å². The molecule has 23 heavy (non-hydrogen) atoms. The van der Waals surface area contributed by atoms with Gasteiger partial charge in [0.15, 0.2) is 0 Å². The topological polar surface area (TPSA) is 80.5 Å². The zero-order chi connectivity index (χ0) is 17.2. The molecule has 9 heteroatoms. The minimum absolute atomic E-state index is 0.122. The second-order valence-corrected chi connectivity index (χ2v) is 7.22. The van der Waals surface area contributed by atoms with Gasteiger partial charge in [-0.3, -0.25) is 14.4 Å². The van der Waals surface area contributed by atoms with Crippen molar-refractivity contribution < 1.29 is 13.3 Å². The summed E-state index contributed by atoms with van der Waals surface area (Å²) < 4.78 is 26.7. The maximum Gasteiger partial charge on any atom is 0.289 e. The molecular weight excluding hydrogens is 363 g/mol. The molecule has 0 saturated carbocycles. The summed E-state index contributed by atoms with van der Waals surface area (Å²) >= 11 is 11.5. The van der Waals surface area contributed by atoms with Gasteiger partial charge in [0, 0.05) is 17.6 Å². The van der Waals surface area contributed by atoms with E-state index in [0.29, 0.717) is 10.7 Å². The van der Waals surface area contributed by atoms with Crippen LogP contribution in [0.25, 0.3) is 0 Å². The largest absolute Gasteiger partial charge is 0.289 e. The summed E-state index contributed by atoms with van der Waals surface area (Å²) in [5.41, 5.74) is -0.0468. The van der Waals surface area contributed by atoms with Crippen molar-refractivity contribution in [2.45, 2.75) is 11.8 Å². The Kier molecular flexibility index (Phi) is 5.13. The standard InChI is InChI=1S/C14H12Cl2N2O4S/c1-2-17(11-5-3-10(15)4-6-11)23(21,22)12-7-8-13(16)14(9-12)18(19)20/h3-9H,2H2,1H3. The number of rotatable bonds is 5. The monoisotopic (exact) mass is 374 g/mol. The van der Waals surface area contributed by atoms with Crippen molar-refractivity contribution in [1.29, 1.82) is 0 Å². The molecule has 0 radical (unpaired) electrons. The molecule has 0 fully saturated rings. The molecule has 122 valence electrons. The maximum atomic E-state index is 12.8. The third-order valence-electron chi connectivity index (χ3n) is 3.10. The molecular formula is C14H12Cl2N2O4S. The van der Waals surface area contributed by atoms with Crippen LogP contribution >= 0.6 is 23.2 Å². The molecule has 0 amide bonds. The fourth-order valence-electron chi connectivity index (χ4n) is 2.02. The van der Waals surface area contributed by atoms with Crippen LogP contribution in [0.2, 0.25) is 10.0 Å². The van der Waals surface area contributed by atoms with Gasteiger partial charge in [-0.1, -0.05) is 23.2 Å². The number of hydrogen-bond acceptors (Lipinski definition) is 4. The number of sulfonamides is 1. The van der Waals surface area contributed by atoms with Crippen LogP contribution in [-0.4, -0.2) is 19.9 Å². The quantitative estimate of drug-likeness (QED) is 0.582. The second kappa shape index (κ2) is 6.74. The van der Waals surface area contributed by atoms with Crippen molar-refractivity contribution in [3.8, 4) is 0 Å². The van der Waals surface area contributed by atoms with Crippen LogP contribution in [0.3, 0.4) is 0 Å². The lowest BCUT2D eigenvalue weighted by Crippen LogP contribution is -2.30. The van der Waals surface area contributed by atoms with Crippen molar-refractivity contribution in [2.24, 2.45) is 0 Å². The molecule has 0 heterocycles. The summed E-state index contributed by atoms with van der Waals surface area (Å²) in [7, 11) is -3.96. The number of hydrogen-bond donors (Lipinski definition) is 0. The average Bonchev–Trinajstić information content (AvgIpc) is 2.49. The molecule has 0 aliphatic carbocycles. The van der Waals surface area contributed by atoms with E-state index >= 15 is 0 Å². The Morgan fingerprint density at radius 1 is 1.13 bits per heavy atom. The molecule has 0 aliphatic heterocycles. The fourth-order valence-corrected chi connectivity index (χ4v) is 3.83. The first-order chi connectivity index (χ1) is 10.8. The van der Waals surface area contributed by atoms with Crippen molar-refractivity contribution in [1.82, 2.24) is 0 Å². The Bertz CT molecular complexity index is 838. The predicted molar refractivity (Wildman–Crippen MR) is 89.8 cm³/mol. The lowest BCUT2D eigenvalue weighted by molar-refractivity contribution is -0.384. The van der Waals surface area contributed by atoms with E-state index in [0.717, 1.165) is 10.4 Å². The zero-order valence-electron chi connectivity index (χ0n) is 11.9. The smallest absolute Gasteiger partial charge is 0.267 e. The normalized spacial score (nSPS) is 11.3. The highest BCUT2D eigenvalue weighted by Gasteiger charge is 2.26. The van der Waals surface area contributed by atoms with E-state index in [1.54, 1.807) is 31.2 Å². The molecule has 0 N–H and O–H groups in total. The summed E-state index contributed by atoms with van der Waals surface area (Å²) in [6.45, 7) is 1.82. The van der Waals surface area contributed by atoms with Crippen LogP contribution in [0, 0.1) is 10.1 Å². The second-order valence-electron chi connectivity index (χ2n) is 4.52. The highest BCUT2D eigenvalue weighted by atomic mass is 35.5. The summed E-state index contributed by atoms with van der Waals surface area (Å²) in [6, 6.07) is 9.65. The average molecular weight is 375 g/mol. The van der Waals surface area contributed by atoms with Gasteiger partial charge < -0.3 is 0 Å². The van der Waals surface area contributed by atoms with Gasteiger partial charge in [0.05, 0.1) is 15.5 Å². The SMILES string of the molecule is CCN(c1ccc(Cl)cc1)S(=O)(=O)c1ccc(Cl)c([N+](=O)[O-])c1.